The summed E-state index contributed by atoms with van der Waals surface area (Å²) < 4.78 is 16.2. The highest BCUT2D eigenvalue weighted by molar-refractivity contribution is 5.82. The Hall–Kier alpha value is -3.61. The number of hydrogen-bond donors (Lipinski definition) is 1. The highest BCUT2D eigenvalue weighted by atomic mass is 16.5. The van der Waals surface area contributed by atoms with Gasteiger partial charge in [0.25, 0.3) is 0 Å². The molecule has 0 saturated carbocycles. The van der Waals surface area contributed by atoms with E-state index in [2.05, 4.69) is 39.4 Å². The molecule has 0 bridgehead atoms. The fraction of sp³-hybridized carbons (Fsp3) is 0.346. The minimum Gasteiger partial charge on any atom is -0.497 e. The summed E-state index contributed by atoms with van der Waals surface area (Å²) in [5.74, 6) is 2.32. The lowest BCUT2D eigenvalue weighted by Crippen LogP contribution is -2.61. The monoisotopic (exact) mass is 447 g/mol. The molecule has 2 aromatic carbocycles. The molecule has 172 valence electrons. The number of amides is 1. The van der Waals surface area contributed by atoms with Crippen LogP contribution in [0, 0.1) is 5.92 Å². The van der Waals surface area contributed by atoms with Gasteiger partial charge in [-0.25, -0.2) is 0 Å². The van der Waals surface area contributed by atoms with Gasteiger partial charge in [0.15, 0.2) is 0 Å². The number of carbonyl (C=O) groups excluding carboxylic acids is 1. The molecule has 7 heteroatoms. The maximum absolute atomic E-state index is 13.4. The smallest absolute Gasteiger partial charge is 0.225 e. The van der Waals surface area contributed by atoms with E-state index in [-0.39, 0.29) is 17.9 Å². The molecule has 1 saturated heterocycles. The number of anilines is 2. The fourth-order valence-corrected chi connectivity index (χ4v) is 4.95. The quantitative estimate of drug-likeness (QED) is 0.624. The first-order valence-electron chi connectivity index (χ1n) is 11.3. The Kier molecular flexibility index (Phi) is 5.86. The van der Waals surface area contributed by atoms with Crippen LogP contribution < -0.4 is 24.6 Å². The fourth-order valence-electron chi connectivity index (χ4n) is 4.95. The minimum absolute atomic E-state index is 0.0528. The summed E-state index contributed by atoms with van der Waals surface area (Å²) in [4.78, 5) is 18.1. The van der Waals surface area contributed by atoms with E-state index < -0.39 is 0 Å². The van der Waals surface area contributed by atoms with Crippen molar-refractivity contribution >= 4 is 17.3 Å². The lowest BCUT2D eigenvalue weighted by molar-refractivity contribution is -0.126. The Morgan fingerprint density at radius 1 is 1.06 bits per heavy atom. The third-order valence-corrected chi connectivity index (χ3v) is 6.72. The van der Waals surface area contributed by atoms with Crippen LogP contribution in [0.2, 0.25) is 0 Å². The van der Waals surface area contributed by atoms with Crippen LogP contribution in [-0.2, 0) is 17.8 Å². The van der Waals surface area contributed by atoms with Crippen molar-refractivity contribution in [2.45, 2.75) is 19.0 Å². The third kappa shape index (κ3) is 4.23. The number of fused-ring (bicyclic) bond motifs is 3. The van der Waals surface area contributed by atoms with Crippen LogP contribution in [0.4, 0.5) is 11.4 Å². The van der Waals surface area contributed by atoms with Gasteiger partial charge in [-0.15, -0.1) is 0 Å². The first-order chi connectivity index (χ1) is 16.2. The molecule has 1 amide bonds. The van der Waals surface area contributed by atoms with Crippen molar-refractivity contribution in [3.05, 3.63) is 72.2 Å². The molecule has 7 nitrogen and oxygen atoms in total. The minimum atomic E-state index is -0.165. The van der Waals surface area contributed by atoms with Crippen molar-refractivity contribution in [1.82, 2.24) is 5.32 Å². The van der Waals surface area contributed by atoms with Crippen LogP contribution in [-0.4, -0.2) is 45.8 Å². The normalized spacial score (nSPS) is 19.5. The molecular weight excluding hydrogens is 418 g/mol. The summed E-state index contributed by atoms with van der Waals surface area (Å²) in [5, 5.41) is 3.09. The molecule has 0 aliphatic carbocycles. The summed E-state index contributed by atoms with van der Waals surface area (Å²) in [5.41, 5.74) is 3.49. The second-order valence-corrected chi connectivity index (χ2v) is 8.51. The van der Waals surface area contributed by atoms with Gasteiger partial charge in [-0.2, -0.15) is 0 Å². The van der Waals surface area contributed by atoms with Crippen LogP contribution in [0.25, 0.3) is 0 Å². The van der Waals surface area contributed by atoms with Crippen LogP contribution in [0.3, 0.4) is 0 Å². The maximum Gasteiger partial charge on any atom is 0.225 e. The van der Waals surface area contributed by atoms with Gasteiger partial charge in [0.05, 0.1) is 39.0 Å². The third-order valence-electron chi connectivity index (χ3n) is 6.72. The first-order valence-corrected chi connectivity index (χ1v) is 11.3. The molecule has 3 aromatic rings. The number of methoxy groups -OCH3 is 2. The van der Waals surface area contributed by atoms with Crippen LogP contribution >= 0.6 is 0 Å². The Morgan fingerprint density at radius 2 is 1.85 bits per heavy atom. The summed E-state index contributed by atoms with van der Waals surface area (Å²) in [6, 6.07) is 18.1. The number of rotatable bonds is 6. The zero-order valence-corrected chi connectivity index (χ0v) is 19.0. The first kappa shape index (κ1) is 21.2. The standard InChI is InChI=1S/C26H29N3O4/c1-31-20-9-6-19(7-10-20)28-11-12-29-24-15-21(32-2)8-5-18(24)14-23(25(29)17-28)26(30)27-16-22-4-3-13-33-22/h3-10,13,15,23,25H,11-12,14,16-17H2,1-2H3,(H,27,30)/t23-,25-/m1/s1. The molecule has 0 unspecified atom stereocenters. The Morgan fingerprint density at radius 3 is 2.58 bits per heavy atom. The molecule has 2 aliphatic rings. The molecule has 2 aliphatic heterocycles. The number of benzene rings is 2. The number of ether oxygens (including phenoxy) is 2. The number of nitrogens with zero attached hydrogens (tertiary/aromatic N) is 2. The lowest BCUT2D eigenvalue weighted by Gasteiger charge is -2.49. The van der Waals surface area contributed by atoms with Gasteiger partial charge in [-0.05, 0) is 54.4 Å². The highest BCUT2D eigenvalue weighted by Gasteiger charge is 2.41. The van der Waals surface area contributed by atoms with Crippen LogP contribution in [0.15, 0.2) is 65.3 Å². The van der Waals surface area contributed by atoms with Gasteiger partial charge < -0.3 is 29.0 Å². The van der Waals surface area contributed by atoms with Gasteiger partial charge in [-0.1, -0.05) is 6.07 Å². The molecule has 3 heterocycles. The number of hydrogen-bond acceptors (Lipinski definition) is 6. The van der Waals surface area contributed by atoms with Gasteiger partial charge in [0.1, 0.15) is 17.3 Å². The number of furan rings is 1. The molecule has 5 rings (SSSR count). The predicted octanol–water partition coefficient (Wildman–Crippen LogP) is 3.48. The van der Waals surface area contributed by atoms with Crippen molar-refractivity contribution in [3.8, 4) is 11.5 Å². The van der Waals surface area contributed by atoms with E-state index in [0.29, 0.717) is 13.0 Å². The van der Waals surface area contributed by atoms with Gasteiger partial charge >= 0.3 is 0 Å². The van der Waals surface area contributed by atoms with E-state index >= 15 is 0 Å². The Balaban J connectivity index is 1.41. The van der Waals surface area contributed by atoms with Crippen molar-refractivity contribution in [2.24, 2.45) is 5.92 Å². The molecule has 0 spiro atoms. The van der Waals surface area contributed by atoms with Crippen molar-refractivity contribution in [3.63, 3.8) is 0 Å². The zero-order valence-electron chi connectivity index (χ0n) is 19.0. The summed E-state index contributed by atoms with van der Waals surface area (Å²) >= 11 is 0. The van der Waals surface area contributed by atoms with E-state index in [4.69, 9.17) is 13.9 Å². The topological polar surface area (TPSA) is 67.2 Å². The second-order valence-electron chi connectivity index (χ2n) is 8.51. The average molecular weight is 448 g/mol. The molecule has 0 radical (unpaired) electrons. The molecule has 33 heavy (non-hydrogen) atoms. The van der Waals surface area contributed by atoms with Crippen molar-refractivity contribution in [2.75, 3.05) is 43.7 Å². The Labute approximate surface area is 193 Å². The molecule has 1 N–H and O–H groups in total. The summed E-state index contributed by atoms with van der Waals surface area (Å²) in [7, 11) is 3.36. The van der Waals surface area contributed by atoms with Gasteiger partial charge in [0, 0.05) is 37.1 Å². The number of piperazine rings is 1. The van der Waals surface area contributed by atoms with Crippen molar-refractivity contribution in [1.29, 1.82) is 0 Å². The predicted molar refractivity (Wildman–Crippen MR) is 127 cm³/mol. The average Bonchev–Trinajstić information content (AvgIpc) is 3.40. The number of nitrogens with one attached hydrogen (secondary N) is 1. The van der Waals surface area contributed by atoms with E-state index in [9.17, 15) is 4.79 Å². The van der Waals surface area contributed by atoms with E-state index in [0.717, 1.165) is 42.6 Å². The molecule has 1 aromatic heterocycles. The van der Waals surface area contributed by atoms with Crippen LogP contribution in [0.5, 0.6) is 11.5 Å². The number of carbonyl (C=O) groups is 1. The van der Waals surface area contributed by atoms with E-state index in [1.54, 1.807) is 20.5 Å². The second kappa shape index (κ2) is 9.10. The van der Waals surface area contributed by atoms with Gasteiger partial charge in [-0.3, -0.25) is 4.79 Å². The molecule has 1 fully saturated rings. The van der Waals surface area contributed by atoms with E-state index in [1.165, 1.54) is 11.3 Å². The zero-order chi connectivity index (χ0) is 22.8. The Bertz CT molecular complexity index is 1100. The van der Waals surface area contributed by atoms with E-state index in [1.807, 2.05) is 30.3 Å². The SMILES string of the molecule is COc1ccc(N2CCN3c4cc(OC)ccc4C[C@@H](C(=O)NCc4ccco4)[C@H]3C2)cc1. The molecular formula is C26H29N3O4. The summed E-state index contributed by atoms with van der Waals surface area (Å²) in [6.45, 7) is 2.87. The lowest BCUT2D eigenvalue weighted by atomic mass is 9.83. The maximum atomic E-state index is 13.4. The highest BCUT2D eigenvalue weighted by Crippen LogP contribution is 2.39. The summed E-state index contributed by atoms with van der Waals surface area (Å²) in [6.07, 6.45) is 2.32. The molecule has 2 atom stereocenters. The van der Waals surface area contributed by atoms with Gasteiger partial charge in [0.2, 0.25) is 5.91 Å². The van der Waals surface area contributed by atoms with Crippen molar-refractivity contribution < 1.29 is 18.7 Å². The largest absolute Gasteiger partial charge is 0.497 e. The van der Waals surface area contributed by atoms with Crippen LogP contribution in [0.1, 0.15) is 11.3 Å².